The van der Waals surface area contributed by atoms with Crippen LogP contribution in [0.1, 0.15) is 60.0 Å². The zero-order valence-electron chi connectivity index (χ0n) is 21.6. The molecular formula is C27H36N4O4S. The van der Waals surface area contributed by atoms with E-state index in [9.17, 15) is 14.4 Å². The van der Waals surface area contributed by atoms with Crippen molar-refractivity contribution in [2.45, 2.75) is 59.1 Å². The van der Waals surface area contributed by atoms with E-state index < -0.39 is 5.60 Å². The summed E-state index contributed by atoms with van der Waals surface area (Å²) in [5.41, 5.74) is 3.11. The Morgan fingerprint density at radius 3 is 2.42 bits per heavy atom. The molecule has 2 aliphatic rings. The average molecular weight is 513 g/mol. The van der Waals surface area contributed by atoms with Crippen molar-refractivity contribution in [1.29, 1.82) is 0 Å². The van der Waals surface area contributed by atoms with Crippen molar-refractivity contribution in [3.8, 4) is 0 Å². The minimum atomic E-state index is -0.538. The lowest BCUT2D eigenvalue weighted by Crippen LogP contribution is -2.53. The molecular weight excluding hydrogens is 476 g/mol. The molecule has 36 heavy (non-hydrogen) atoms. The van der Waals surface area contributed by atoms with Gasteiger partial charge >= 0.3 is 12.1 Å². The predicted octanol–water partition coefficient (Wildman–Crippen LogP) is 4.80. The molecule has 8 nitrogen and oxygen atoms in total. The Hall–Kier alpha value is -3.07. The van der Waals surface area contributed by atoms with Gasteiger partial charge in [0.25, 0.3) is 5.91 Å². The summed E-state index contributed by atoms with van der Waals surface area (Å²) in [6, 6.07) is 7.59. The molecule has 0 atom stereocenters. The van der Waals surface area contributed by atoms with Crippen molar-refractivity contribution in [2.75, 3.05) is 37.6 Å². The number of hydrogen-bond acceptors (Lipinski definition) is 5. The minimum Gasteiger partial charge on any atom is -0.444 e. The van der Waals surface area contributed by atoms with Crippen LogP contribution < -0.4 is 10.2 Å². The highest BCUT2D eigenvalue weighted by Crippen LogP contribution is 2.32. The number of anilines is 1. The topological polar surface area (TPSA) is 82.2 Å². The SMILES string of the molecule is Cc1cc(C(=O)N2CCCCc3sccc32)ccc1CNC(=O)N1CCN(C(=O)OC(C)(C)C)CC1. The van der Waals surface area contributed by atoms with Crippen molar-refractivity contribution in [3.05, 3.63) is 51.2 Å². The standard InChI is InChI=1S/C27H36N4O4S/c1-19-17-20(24(32)31-11-6-5-7-23-22(31)10-16-36-23)8-9-21(19)18-28-25(33)29-12-14-30(15-13-29)26(34)35-27(2,3)4/h8-10,16-17H,5-7,11-15,18H2,1-4H3,(H,28,33). The van der Waals surface area contributed by atoms with Crippen LogP contribution in [0.5, 0.6) is 0 Å². The molecule has 2 aromatic rings. The number of piperazine rings is 1. The van der Waals surface area contributed by atoms with Crippen LogP contribution in [0.2, 0.25) is 0 Å². The molecule has 0 unspecified atom stereocenters. The summed E-state index contributed by atoms with van der Waals surface area (Å²) in [5.74, 6) is 0.0260. The first kappa shape index (κ1) is 26.0. The van der Waals surface area contributed by atoms with E-state index >= 15 is 0 Å². The first-order valence-corrected chi connectivity index (χ1v) is 13.5. The normalized spacial score (nSPS) is 16.3. The smallest absolute Gasteiger partial charge is 0.410 e. The van der Waals surface area contributed by atoms with Gasteiger partial charge in [0.15, 0.2) is 0 Å². The third-order valence-corrected chi connectivity index (χ3v) is 7.50. The van der Waals surface area contributed by atoms with Crippen LogP contribution in [-0.2, 0) is 17.7 Å². The van der Waals surface area contributed by atoms with Gasteiger partial charge in [-0.2, -0.15) is 0 Å². The van der Waals surface area contributed by atoms with Crippen molar-refractivity contribution >= 4 is 35.1 Å². The minimum absolute atomic E-state index is 0.0260. The van der Waals surface area contributed by atoms with Gasteiger partial charge in [0.2, 0.25) is 0 Å². The molecule has 194 valence electrons. The Balaban J connectivity index is 1.31. The van der Waals surface area contributed by atoms with Crippen LogP contribution in [0, 0.1) is 6.92 Å². The second-order valence-electron chi connectivity index (χ2n) is 10.4. The lowest BCUT2D eigenvalue weighted by atomic mass is 10.0. The Morgan fingerprint density at radius 2 is 1.72 bits per heavy atom. The number of fused-ring (bicyclic) bond motifs is 1. The zero-order valence-corrected chi connectivity index (χ0v) is 22.5. The summed E-state index contributed by atoms with van der Waals surface area (Å²) < 4.78 is 5.42. The van der Waals surface area contributed by atoms with Crippen LogP contribution in [0.3, 0.4) is 0 Å². The zero-order chi connectivity index (χ0) is 25.9. The van der Waals surface area contributed by atoms with Crippen LogP contribution in [0.25, 0.3) is 0 Å². The van der Waals surface area contributed by atoms with Crippen molar-refractivity contribution < 1.29 is 19.1 Å². The molecule has 0 bridgehead atoms. The fraction of sp³-hybridized carbons (Fsp3) is 0.519. The molecule has 1 N–H and O–H groups in total. The molecule has 4 rings (SSSR count). The maximum Gasteiger partial charge on any atom is 0.410 e. The number of rotatable bonds is 3. The summed E-state index contributed by atoms with van der Waals surface area (Å²) in [6.07, 6.45) is 2.79. The average Bonchev–Trinajstić information content (AvgIpc) is 3.20. The van der Waals surface area contributed by atoms with Gasteiger partial charge in [-0.3, -0.25) is 4.79 Å². The number of thiophene rings is 1. The molecule has 0 saturated carbocycles. The highest BCUT2D eigenvalue weighted by molar-refractivity contribution is 7.10. The molecule has 0 radical (unpaired) electrons. The van der Waals surface area contributed by atoms with Gasteiger partial charge in [-0.25, -0.2) is 9.59 Å². The summed E-state index contributed by atoms with van der Waals surface area (Å²) in [7, 11) is 0. The van der Waals surface area contributed by atoms with E-state index in [4.69, 9.17) is 4.74 Å². The number of amides is 4. The molecule has 1 saturated heterocycles. The number of benzene rings is 1. The quantitative estimate of drug-likeness (QED) is 0.640. The number of nitrogens with zero attached hydrogens (tertiary/aromatic N) is 3. The van der Waals surface area contributed by atoms with E-state index in [0.717, 1.165) is 42.6 Å². The van der Waals surface area contributed by atoms with E-state index in [1.165, 1.54) is 4.88 Å². The highest BCUT2D eigenvalue weighted by atomic mass is 32.1. The van der Waals surface area contributed by atoms with E-state index in [-0.39, 0.29) is 18.0 Å². The largest absolute Gasteiger partial charge is 0.444 e. The van der Waals surface area contributed by atoms with Crippen LogP contribution in [-0.4, -0.2) is 66.2 Å². The van der Waals surface area contributed by atoms with Gasteiger partial charge < -0.3 is 24.8 Å². The number of urea groups is 1. The first-order valence-electron chi connectivity index (χ1n) is 12.6. The van der Waals surface area contributed by atoms with E-state index in [2.05, 4.69) is 10.7 Å². The highest BCUT2D eigenvalue weighted by Gasteiger charge is 2.28. The molecule has 3 heterocycles. The molecule has 4 amide bonds. The summed E-state index contributed by atoms with van der Waals surface area (Å²) in [4.78, 5) is 44.8. The van der Waals surface area contributed by atoms with Gasteiger partial charge in [-0.15, -0.1) is 11.3 Å². The van der Waals surface area contributed by atoms with Gasteiger partial charge in [-0.05, 0) is 81.7 Å². The monoisotopic (exact) mass is 512 g/mol. The maximum absolute atomic E-state index is 13.3. The van der Waals surface area contributed by atoms with E-state index in [1.807, 2.05) is 56.9 Å². The van der Waals surface area contributed by atoms with E-state index in [0.29, 0.717) is 38.3 Å². The lowest BCUT2D eigenvalue weighted by Gasteiger charge is -2.35. The molecule has 1 fully saturated rings. The third kappa shape index (κ3) is 6.19. The summed E-state index contributed by atoms with van der Waals surface area (Å²) in [6.45, 7) is 10.4. The lowest BCUT2D eigenvalue weighted by molar-refractivity contribution is 0.0170. The molecule has 9 heteroatoms. The number of aryl methyl sites for hydroxylation is 2. The fourth-order valence-corrected chi connectivity index (χ4v) is 5.45. The Morgan fingerprint density at radius 1 is 1.00 bits per heavy atom. The Bertz CT molecular complexity index is 1120. The molecule has 0 aliphatic carbocycles. The summed E-state index contributed by atoms with van der Waals surface area (Å²) in [5, 5.41) is 5.04. The third-order valence-electron chi connectivity index (χ3n) is 6.53. The Labute approximate surface area is 217 Å². The molecule has 1 aromatic carbocycles. The number of nitrogens with one attached hydrogen (secondary N) is 1. The van der Waals surface area contributed by atoms with Gasteiger partial charge in [-0.1, -0.05) is 6.07 Å². The van der Waals surface area contributed by atoms with Gasteiger partial charge in [0.1, 0.15) is 5.60 Å². The fourth-order valence-electron chi connectivity index (χ4n) is 4.53. The second kappa shape index (κ2) is 10.9. The number of carbonyl (C=O) groups excluding carboxylic acids is 3. The van der Waals surface area contributed by atoms with Gasteiger partial charge in [0, 0.05) is 49.7 Å². The van der Waals surface area contributed by atoms with Crippen LogP contribution >= 0.6 is 11.3 Å². The van der Waals surface area contributed by atoms with Gasteiger partial charge in [0.05, 0.1) is 5.69 Å². The van der Waals surface area contributed by atoms with Crippen LogP contribution in [0.15, 0.2) is 29.6 Å². The Kier molecular flexibility index (Phi) is 7.88. The molecule has 1 aromatic heterocycles. The number of hydrogen-bond donors (Lipinski definition) is 1. The van der Waals surface area contributed by atoms with E-state index in [1.54, 1.807) is 21.1 Å². The predicted molar refractivity (Wildman–Crippen MR) is 142 cm³/mol. The van der Waals surface area contributed by atoms with Crippen molar-refractivity contribution in [2.24, 2.45) is 0 Å². The maximum atomic E-state index is 13.3. The second-order valence-corrected chi connectivity index (χ2v) is 11.4. The summed E-state index contributed by atoms with van der Waals surface area (Å²) >= 11 is 1.72. The number of carbonyl (C=O) groups is 3. The molecule has 0 spiro atoms. The van der Waals surface area contributed by atoms with Crippen molar-refractivity contribution in [1.82, 2.24) is 15.1 Å². The molecule has 2 aliphatic heterocycles. The van der Waals surface area contributed by atoms with Crippen LogP contribution in [0.4, 0.5) is 15.3 Å². The van der Waals surface area contributed by atoms with Crippen molar-refractivity contribution in [3.63, 3.8) is 0 Å². The number of ether oxygens (including phenoxy) is 1. The first-order chi connectivity index (χ1) is 17.1.